The van der Waals surface area contributed by atoms with Gasteiger partial charge in [0.1, 0.15) is 5.52 Å². The first kappa shape index (κ1) is 11.6. The summed E-state index contributed by atoms with van der Waals surface area (Å²) in [7, 11) is 0. The zero-order chi connectivity index (χ0) is 12.6. The maximum absolute atomic E-state index is 11.0. The summed E-state index contributed by atoms with van der Waals surface area (Å²) in [5.74, 6) is -0.381. The third-order valence-corrected chi connectivity index (χ3v) is 2.76. The standard InChI is InChI=1S/C13H15NO3/c1-8-4-5-9-10(6-8)17-11(14-9)7-13(2,3)12(15)16/h4-6H,7H2,1-3H3,(H,15,16). The monoisotopic (exact) mass is 233 g/mol. The Hall–Kier alpha value is -1.84. The quantitative estimate of drug-likeness (QED) is 0.885. The SMILES string of the molecule is Cc1ccc2nc(CC(C)(C)C(=O)O)oc2c1. The van der Waals surface area contributed by atoms with Crippen LogP contribution in [-0.4, -0.2) is 16.1 Å². The second-order valence-electron chi connectivity index (χ2n) is 4.94. The van der Waals surface area contributed by atoms with Crippen molar-refractivity contribution in [1.82, 2.24) is 4.98 Å². The first-order valence-electron chi connectivity index (χ1n) is 5.48. The number of aliphatic carboxylic acids is 1. The van der Waals surface area contributed by atoms with Crippen LogP contribution in [0, 0.1) is 12.3 Å². The summed E-state index contributed by atoms with van der Waals surface area (Å²) in [5.41, 5.74) is 1.71. The number of oxazole rings is 1. The van der Waals surface area contributed by atoms with Crippen molar-refractivity contribution >= 4 is 17.1 Å². The van der Waals surface area contributed by atoms with Crippen LogP contribution in [0.2, 0.25) is 0 Å². The lowest BCUT2D eigenvalue weighted by molar-refractivity contribution is -0.147. The number of benzene rings is 1. The van der Waals surface area contributed by atoms with Gasteiger partial charge in [-0.25, -0.2) is 4.98 Å². The molecule has 1 aromatic carbocycles. The zero-order valence-electron chi connectivity index (χ0n) is 10.2. The van der Waals surface area contributed by atoms with Crippen molar-refractivity contribution in [2.24, 2.45) is 5.41 Å². The van der Waals surface area contributed by atoms with Crippen molar-refractivity contribution in [3.8, 4) is 0 Å². The molecule has 0 fully saturated rings. The Labute approximate surface area is 99.3 Å². The highest BCUT2D eigenvalue weighted by molar-refractivity contribution is 5.75. The number of hydrogen-bond acceptors (Lipinski definition) is 3. The van der Waals surface area contributed by atoms with E-state index in [1.54, 1.807) is 13.8 Å². The summed E-state index contributed by atoms with van der Waals surface area (Å²) in [6.07, 6.45) is 0.288. The fraction of sp³-hybridized carbons (Fsp3) is 0.385. The predicted octanol–water partition coefficient (Wildman–Crippen LogP) is 2.79. The van der Waals surface area contributed by atoms with E-state index in [0.717, 1.165) is 11.1 Å². The van der Waals surface area contributed by atoms with Crippen LogP contribution in [-0.2, 0) is 11.2 Å². The third-order valence-electron chi connectivity index (χ3n) is 2.76. The molecule has 0 bridgehead atoms. The highest BCUT2D eigenvalue weighted by Gasteiger charge is 2.29. The molecule has 0 saturated heterocycles. The lowest BCUT2D eigenvalue weighted by Gasteiger charge is -2.15. The number of aryl methyl sites for hydroxylation is 1. The molecule has 17 heavy (non-hydrogen) atoms. The van der Waals surface area contributed by atoms with Crippen LogP contribution in [0.5, 0.6) is 0 Å². The second kappa shape index (κ2) is 3.87. The molecule has 0 atom stereocenters. The molecule has 2 rings (SSSR count). The molecule has 2 aromatic rings. The smallest absolute Gasteiger partial charge is 0.309 e. The molecular formula is C13H15NO3. The molecule has 4 nitrogen and oxygen atoms in total. The maximum Gasteiger partial charge on any atom is 0.309 e. The van der Waals surface area contributed by atoms with Crippen LogP contribution in [0.1, 0.15) is 25.3 Å². The Kier molecular flexibility index (Phi) is 2.65. The van der Waals surface area contributed by atoms with Crippen LogP contribution in [0.15, 0.2) is 22.6 Å². The summed E-state index contributed by atoms with van der Waals surface area (Å²) >= 11 is 0. The molecule has 0 aliphatic heterocycles. The minimum atomic E-state index is -0.865. The van der Waals surface area contributed by atoms with E-state index < -0.39 is 11.4 Å². The van der Waals surface area contributed by atoms with Gasteiger partial charge in [0.05, 0.1) is 5.41 Å². The average Bonchev–Trinajstić information content (AvgIpc) is 2.57. The lowest BCUT2D eigenvalue weighted by Crippen LogP contribution is -2.26. The summed E-state index contributed by atoms with van der Waals surface area (Å²) < 4.78 is 5.56. The largest absolute Gasteiger partial charge is 0.481 e. The Balaban J connectivity index is 2.34. The molecule has 4 heteroatoms. The predicted molar refractivity (Wildman–Crippen MR) is 63.9 cm³/mol. The molecule has 0 amide bonds. The van der Waals surface area contributed by atoms with Gasteiger partial charge in [0.25, 0.3) is 0 Å². The summed E-state index contributed by atoms with van der Waals surface area (Å²) in [6.45, 7) is 5.30. The molecule has 0 saturated carbocycles. The van der Waals surface area contributed by atoms with Crippen molar-refractivity contribution in [2.75, 3.05) is 0 Å². The van der Waals surface area contributed by atoms with Crippen molar-refractivity contribution in [2.45, 2.75) is 27.2 Å². The van der Waals surface area contributed by atoms with Crippen molar-refractivity contribution in [3.63, 3.8) is 0 Å². The van der Waals surface area contributed by atoms with Gasteiger partial charge < -0.3 is 9.52 Å². The normalized spacial score (nSPS) is 11.9. The highest BCUT2D eigenvalue weighted by atomic mass is 16.4. The number of nitrogens with zero attached hydrogens (tertiary/aromatic N) is 1. The van der Waals surface area contributed by atoms with Crippen molar-refractivity contribution in [1.29, 1.82) is 0 Å². The topological polar surface area (TPSA) is 63.3 Å². The van der Waals surface area contributed by atoms with Gasteiger partial charge in [0.2, 0.25) is 0 Å². The number of carboxylic acids is 1. The van der Waals surface area contributed by atoms with E-state index in [2.05, 4.69) is 4.98 Å². The first-order chi connectivity index (χ1) is 7.88. The van der Waals surface area contributed by atoms with E-state index in [0.29, 0.717) is 11.5 Å². The second-order valence-corrected chi connectivity index (χ2v) is 4.94. The van der Waals surface area contributed by atoms with Crippen molar-refractivity contribution in [3.05, 3.63) is 29.7 Å². The molecule has 1 N–H and O–H groups in total. The molecule has 0 radical (unpaired) electrons. The average molecular weight is 233 g/mol. The van der Waals surface area contributed by atoms with Crippen LogP contribution in [0.25, 0.3) is 11.1 Å². The molecule has 90 valence electrons. The molecule has 0 aliphatic rings. The van der Waals surface area contributed by atoms with E-state index in [1.807, 2.05) is 25.1 Å². The number of hydrogen-bond donors (Lipinski definition) is 1. The number of fused-ring (bicyclic) bond motifs is 1. The van der Waals surface area contributed by atoms with E-state index in [-0.39, 0.29) is 6.42 Å². The van der Waals surface area contributed by atoms with E-state index >= 15 is 0 Å². The third kappa shape index (κ3) is 2.30. The van der Waals surface area contributed by atoms with E-state index in [9.17, 15) is 4.79 Å². The Bertz CT molecular complexity index is 569. The maximum atomic E-state index is 11.0. The fourth-order valence-corrected chi connectivity index (χ4v) is 1.61. The van der Waals surface area contributed by atoms with Gasteiger partial charge >= 0.3 is 5.97 Å². The Morgan fingerprint density at radius 2 is 2.18 bits per heavy atom. The summed E-state index contributed by atoms with van der Waals surface area (Å²) in [5, 5.41) is 9.05. The van der Waals surface area contributed by atoms with Gasteiger partial charge in [-0.05, 0) is 38.5 Å². The van der Waals surface area contributed by atoms with Gasteiger partial charge in [-0.1, -0.05) is 6.07 Å². The highest BCUT2D eigenvalue weighted by Crippen LogP contribution is 2.24. The molecule has 0 unspecified atom stereocenters. The van der Waals surface area contributed by atoms with E-state index in [4.69, 9.17) is 9.52 Å². The van der Waals surface area contributed by atoms with Gasteiger partial charge in [-0.15, -0.1) is 0 Å². The Morgan fingerprint density at radius 3 is 2.82 bits per heavy atom. The summed E-state index contributed by atoms with van der Waals surface area (Å²) in [4.78, 5) is 15.3. The van der Waals surface area contributed by atoms with Crippen LogP contribution < -0.4 is 0 Å². The lowest BCUT2D eigenvalue weighted by atomic mass is 9.90. The number of carbonyl (C=O) groups is 1. The fourth-order valence-electron chi connectivity index (χ4n) is 1.61. The molecule has 1 aromatic heterocycles. The molecular weight excluding hydrogens is 218 g/mol. The molecule has 0 aliphatic carbocycles. The molecule has 0 spiro atoms. The van der Waals surface area contributed by atoms with Gasteiger partial charge in [0.15, 0.2) is 11.5 Å². The van der Waals surface area contributed by atoms with Gasteiger partial charge in [-0.2, -0.15) is 0 Å². The van der Waals surface area contributed by atoms with Gasteiger partial charge in [-0.3, -0.25) is 4.79 Å². The number of carboxylic acid groups (broad SMARTS) is 1. The minimum Gasteiger partial charge on any atom is -0.481 e. The first-order valence-corrected chi connectivity index (χ1v) is 5.48. The van der Waals surface area contributed by atoms with Crippen molar-refractivity contribution < 1.29 is 14.3 Å². The molecule has 1 heterocycles. The zero-order valence-corrected chi connectivity index (χ0v) is 10.2. The minimum absolute atomic E-state index is 0.288. The number of rotatable bonds is 3. The Morgan fingerprint density at radius 1 is 1.47 bits per heavy atom. The van der Waals surface area contributed by atoms with Crippen LogP contribution >= 0.6 is 0 Å². The van der Waals surface area contributed by atoms with Crippen LogP contribution in [0.3, 0.4) is 0 Å². The summed E-state index contributed by atoms with van der Waals surface area (Å²) in [6, 6.07) is 5.74. The van der Waals surface area contributed by atoms with Crippen LogP contribution in [0.4, 0.5) is 0 Å². The van der Waals surface area contributed by atoms with Gasteiger partial charge in [0, 0.05) is 6.42 Å². The van der Waals surface area contributed by atoms with E-state index in [1.165, 1.54) is 0 Å². The number of aromatic nitrogens is 1.